The van der Waals surface area contributed by atoms with Crippen molar-refractivity contribution in [3.63, 3.8) is 0 Å². The number of nitrogens with one attached hydrogen (secondary N) is 1. The van der Waals surface area contributed by atoms with E-state index < -0.39 is 24.4 Å². The molecule has 2 aromatic carbocycles. The highest BCUT2D eigenvalue weighted by atomic mass is 16.5. The van der Waals surface area contributed by atoms with E-state index in [-0.39, 0.29) is 17.1 Å². The maximum atomic E-state index is 12.6. The van der Waals surface area contributed by atoms with Crippen LogP contribution >= 0.6 is 0 Å². The van der Waals surface area contributed by atoms with E-state index in [1.165, 1.54) is 24.3 Å². The smallest absolute Gasteiger partial charge is 0.341 e. The molecule has 1 saturated heterocycles. The molecule has 8 nitrogen and oxygen atoms in total. The molecular weight excluding hydrogens is 352 g/mol. The second-order valence-corrected chi connectivity index (χ2v) is 5.57. The standard InChI is InChI=1S/C19H16N2O6/c1-26-16-10-12(7-8-15(16)27-11-17(22)23)9-14-18(24)20-21(19(14)25)13-5-3-2-4-6-13/h2-10H,11H2,1H3,(H,20,24)(H,22,23). The number of carboxylic acids is 1. The molecule has 1 fully saturated rings. The summed E-state index contributed by atoms with van der Waals surface area (Å²) in [5, 5.41) is 9.87. The molecule has 3 rings (SSSR count). The molecule has 1 aliphatic heterocycles. The van der Waals surface area contributed by atoms with Gasteiger partial charge in [-0.15, -0.1) is 0 Å². The fourth-order valence-corrected chi connectivity index (χ4v) is 2.52. The SMILES string of the molecule is COc1cc(C=C2C(=O)NN(c3ccccc3)C2=O)ccc1OCC(=O)O. The summed E-state index contributed by atoms with van der Waals surface area (Å²) < 4.78 is 10.3. The number of nitrogens with zero attached hydrogens (tertiary/aromatic N) is 1. The van der Waals surface area contributed by atoms with Gasteiger partial charge in [0.2, 0.25) is 0 Å². The van der Waals surface area contributed by atoms with Crippen molar-refractivity contribution >= 4 is 29.5 Å². The zero-order valence-corrected chi connectivity index (χ0v) is 14.3. The van der Waals surface area contributed by atoms with Crippen LogP contribution in [0.2, 0.25) is 0 Å². The number of benzene rings is 2. The van der Waals surface area contributed by atoms with Crippen molar-refractivity contribution in [1.29, 1.82) is 0 Å². The maximum Gasteiger partial charge on any atom is 0.341 e. The summed E-state index contributed by atoms with van der Waals surface area (Å²) in [4.78, 5) is 35.4. The zero-order chi connectivity index (χ0) is 19.4. The average Bonchev–Trinajstić information content (AvgIpc) is 2.95. The Morgan fingerprint density at radius 3 is 2.56 bits per heavy atom. The van der Waals surface area contributed by atoms with Crippen molar-refractivity contribution in [2.24, 2.45) is 0 Å². The molecule has 0 radical (unpaired) electrons. The van der Waals surface area contributed by atoms with E-state index in [1.54, 1.807) is 36.4 Å². The van der Waals surface area contributed by atoms with Gasteiger partial charge in [0.15, 0.2) is 18.1 Å². The summed E-state index contributed by atoms with van der Waals surface area (Å²) in [5.41, 5.74) is 3.57. The first-order chi connectivity index (χ1) is 13.0. The van der Waals surface area contributed by atoms with Gasteiger partial charge in [-0.1, -0.05) is 24.3 Å². The normalized spacial score (nSPS) is 15.0. The van der Waals surface area contributed by atoms with Gasteiger partial charge in [-0.3, -0.25) is 15.0 Å². The molecule has 138 valence electrons. The van der Waals surface area contributed by atoms with Gasteiger partial charge in [-0.25, -0.2) is 9.80 Å². The quantitative estimate of drug-likeness (QED) is 0.593. The van der Waals surface area contributed by atoms with E-state index in [0.29, 0.717) is 11.3 Å². The third-order valence-corrected chi connectivity index (χ3v) is 3.76. The highest BCUT2D eigenvalue weighted by Crippen LogP contribution is 2.29. The molecule has 1 aliphatic rings. The van der Waals surface area contributed by atoms with Crippen molar-refractivity contribution < 1.29 is 29.0 Å². The van der Waals surface area contributed by atoms with E-state index in [9.17, 15) is 14.4 Å². The topological polar surface area (TPSA) is 105 Å². The first-order valence-electron chi connectivity index (χ1n) is 7.94. The molecule has 0 spiro atoms. The second-order valence-electron chi connectivity index (χ2n) is 5.57. The number of aliphatic carboxylic acids is 1. The predicted octanol–water partition coefficient (Wildman–Crippen LogP) is 1.62. The van der Waals surface area contributed by atoms with Crippen molar-refractivity contribution in [3.05, 3.63) is 59.7 Å². The molecule has 2 N–H and O–H groups in total. The lowest BCUT2D eigenvalue weighted by molar-refractivity contribution is -0.139. The fourth-order valence-electron chi connectivity index (χ4n) is 2.52. The molecule has 2 amide bonds. The van der Waals surface area contributed by atoms with E-state index in [0.717, 1.165) is 0 Å². The molecule has 0 aromatic heterocycles. The maximum absolute atomic E-state index is 12.6. The lowest BCUT2D eigenvalue weighted by atomic mass is 10.1. The number of carboxylic acid groups (broad SMARTS) is 1. The largest absolute Gasteiger partial charge is 0.493 e. The van der Waals surface area contributed by atoms with Crippen LogP contribution in [0, 0.1) is 0 Å². The molecule has 0 saturated carbocycles. The highest BCUT2D eigenvalue weighted by molar-refractivity contribution is 6.31. The minimum Gasteiger partial charge on any atom is -0.493 e. The van der Waals surface area contributed by atoms with Gasteiger partial charge in [0.25, 0.3) is 11.8 Å². The minimum absolute atomic E-state index is 0.0277. The van der Waals surface area contributed by atoms with Crippen molar-refractivity contribution in [2.45, 2.75) is 0 Å². The zero-order valence-electron chi connectivity index (χ0n) is 14.3. The van der Waals surface area contributed by atoms with Gasteiger partial charge in [0.1, 0.15) is 5.57 Å². The van der Waals surface area contributed by atoms with E-state index in [2.05, 4.69) is 5.43 Å². The molecule has 2 aromatic rings. The summed E-state index contributed by atoms with van der Waals surface area (Å²) in [6, 6.07) is 13.4. The predicted molar refractivity (Wildman–Crippen MR) is 96.2 cm³/mol. The van der Waals surface area contributed by atoms with Gasteiger partial charge < -0.3 is 14.6 Å². The number of hydrogen-bond acceptors (Lipinski definition) is 5. The van der Waals surface area contributed by atoms with Crippen LogP contribution in [0.4, 0.5) is 5.69 Å². The highest BCUT2D eigenvalue weighted by Gasteiger charge is 2.34. The number of anilines is 1. The number of para-hydroxylation sites is 1. The van der Waals surface area contributed by atoms with E-state index in [1.807, 2.05) is 6.07 Å². The van der Waals surface area contributed by atoms with Crippen LogP contribution in [-0.4, -0.2) is 36.6 Å². The number of methoxy groups -OCH3 is 1. The van der Waals surface area contributed by atoms with E-state index >= 15 is 0 Å². The Hall–Kier alpha value is -3.81. The summed E-state index contributed by atoms with van der Waals surface area (Å²) in [6.07, 6.45) is 1.43. The van der Waals surface area contributed by atoms with Crippen LogP contribution < -0.4 is 19.9 Å². The second kappa shape index (κ2) is 7.61. The van der Waals surface area contributed by atoms with Gasteiger partial charge in [-0.2, -0.15) is 0 Å². The van der Waals surface area contributed by atoms with Crippen molar-refractivity contribution in [3.8, 4) is 11.5 Å². The lowest BCUT2D eigenvalue weighted by Crippen LogP contribution is -2.35. The molecule has 0 bridgehead atoms. The third kappa shape index (κ3) is 3.90. The van der Waals surface area contributed by atoms with Crippen molar-refractivity contribution in [2.75, 3.05) is 18.7 Å². The molecule has 1 heterocycles. The van der Waals surface area contributed by atoms with Crippen LogP contribution in [0.5, 0.6) is 11.5 Å². The Morgan fingerprint density at radius 2 is 1.89 bits per heavy atom. The van der Waals surface area contributed by atoms with Gasteiger partial charge >= 0.3 is 5.97 Å². The molecular formula is C19H16N2O6. The molecule has 27 heavy (non-hydrogen) atoms. The molecule has 0 aliphatic carbocycles. The summed E-state index contributed by atoms with van der Waals surface area (Å²) in [5.74, 6) is -1.57. The van der Waals surface area contributed by atoms with Gasteiger partial charge in [0.05, 0.1) is 12.8 Å². The Kier molecular flexibility index (Phi) is 5.07. The summed E-state index contributed by atoms with van der Waals surface area (Å²) in [6.45, 7) is -0.510. The van der Waals surface area contributed by atoms with Crippen LogP contribution in [-0.2, 0) is 14.4 Å². The number of carbonyl (C=O) groups is 3. The number of carbonyl (C=O) groups excluding carboxylic acids is 2. The number of hydrogen-bond donors (Lipinski definition) is 2. The summed E-state index contributed by atoms with van der Waals surface area (Å²) >= 11 is 0. The van der Waals surface area contributed by atoms with E-state index in [4.69, 9.17) is 14.6 Å². The first kappa shape index (κ1) is 18.0. The number of amides is 2. The molecule has 0 unspecified atom stereocenters. The fraction of sp³-hybridized carbons (Fsp3) is 0.105. The summed E-state index contributed by atoms with van der Waals surface area (Å²) in [7, 11) is 1.41. The number of hydrazine groups is 1. The van der Waals surface area contributed by atoms with Crippen LogP contribution in [0.1, 0.15) is 5.56 Å². The Balaban J connectivity index is 1.86. The average molecular weight is 368 g/mol. The molecule has 0 atom stereocenters. The van der Waals surface area contributed by atoms with Crippen LogP contribution in [0.3, 0.4) is 0 Å². The number of rotatable bonds is 6. The number of ether oxygens (including phenoxy) is 2. The van der Waals surface area contributed by atoms with Crippen LogP contribution in [0.15, 0.2) is 54.1 Å². The van der Waals surface area contributed by atoms with Crippen LogP contribution in [0.25, 0.3) is 6.08 Å². The third-order valence-electron chi connectivity index (χ3n) is 3.76. The Morgan fingerprint density at radius 1 is 1.15 bits per heavy atom. The monoisotopic (exact) mass is 368 g/mol. The van der Waals surface area contributed by atoms with Gasteiger partial charge in [-0.05, 0) is 35.9 Å². The lowest BCUT2D eigenvalue weighted by Gasteiger charge is -2.13. The van der Waals surface area contributed by atoms with Crippen molar-refractivity contribution in [1.82, 2.24) is 5.43 Å². The molecule has 8 heteroatoms. The minimum atomic E-state index is -1.11. The first-order valence-corrected chi connectivity index (χ1v) is 7.94. The van der Waals surface area contributed by atoms with Gasteiger partial charge in [0, 0.05) is 0 Å². The Labute approximate surface area is 154 Å². The Bertz CT molecular complexity index is 923.